The Hall–Kier alpha value is -1.32. The Balaban J connectivity index is 2.16. The maximum atomic E-state index is 12.4. The second-order valence-corrected chi connectivity index (χ2v) is 9.10. The van der Waals surface area contributed by atoms with Crippen molar-refractivity contribution in [1.29, 1.82) is 0 Å². The molecule has 124 valence electrons. The molecule has 2 rings (SSSR count). The lowest BCUT2D eigenvalue weighted by molar-refractivity contribution is 0.391. The Labute approximate surface area is 130 Å². The SMILES string of the molecule is COc1ccc(OC)c(S(=O)(=O)NCC2CCS(=O)(=O)C2)c1. The lowest BCUT2D eigenvalue weighted by Gasteiger charge is -2.14. The van der Waals surface area contributed by atoms with Gasteiger partial charge in [-0.15, -0.1) is 0 Å². The van der Waals surface area contributed by atoms with Crippen LogP contribution in [0, 0.1) is 5.92 Å². The maximum Gasteiger partial charge on any atom is 0.244 e. The quantitative estimate of drug-likeness (QED) is 0.799. The minimum atomic E-state index is -3.81. The van der Waals surface area contributed by atoms with Gasteiger partial charge in [0.2, 0.25) is 10.0 Å². The van der Waals surface area contributed by atoms with Gasteiger partial charge in [0.15, 0.2) is 9.84 Å². The highest BCUT2D eigenvalue weighted by Gasteiger charge is 2.29. The molecule has 0 aliphatic carbocycles. The van der Waals surface area contributed by atoms with Crippen molar-refractivity contribution >= 4 is 19.9 Å². The van der Waals surface area contributed by atoms with E-state index in [2.05, 4.69) is 4.72 Å². The molecular weight excluding hydrogens is 330 g/mol. The van der Waals surface area contributed by atoms with Gasteiger partial charge in [-0.05, 0) is 24.5 Å². The lowest BCUT2D eigenvalue weighted by Crippen LogP contribution is -2.30. The first-order valence-corrected chi connectivity index (χ1v) is 10.00. The minimum absolute atomic E-state index is 0.0186. The molecule has 0 bridgehead atoms. The molecule has 1 fully saturated rings. The largest absolute Gasteiger partial charge is 0.497 e. The Bertz CT molecular complexity index is 742. The van der Waals surface area contributed by atoms with Gasteiger partial charge < -0.3 is 9.47 Å². The number of rotatable bonds is 6. The molecule has 7 nitrogen and oxygen atoms in total. The van der Waals surface area contributed by atoms with Gasteiger partial charge in [-0.2, -0.15) is 0 Å². The Morgan fingerprint density at radius 1 is 1.27 bits per heavy atom. The molecule has 1 unspecified atom stereocenters. The van der Waals surface area contributed by atoms with Gasteiger partial charge in [0.25, 0.3) is 0 Å². The highest BCUT2D eigenvalue weighted by molar-refractivity contribution is 7.91. The summed E-state index contributed by atoms with van der Waals surface area (Å²) in [7, 11) is -4.02. The fourth-order valence-electron chi connectivity index (χ4n) is 2.33. The molecule has 1 aliphatic rings. The van der Waals surface area contributed by atoms with Crippen molar-refractivity contribution < 1.29 is 26.3 Å². The van der Waals surface area contributed by atoms with E-state index in [4.69, 9.17) is 9.47 Å². The van der Waals surface area contributed by atoms with Gasteiger partial charge in [-0.1, -0.05) is 0 Å². The van der Waals surface area contributed by atoms with E-state index in [0.29, 0.717) is 12.2 Å². The fourth-order valence-corrected chi connectivity index (χ4v) is 5.49. The van der Waals surface area contributed by atoms with E-state index in [1.165, 1.54) is 26.4 Å². The van der Waals surface area contributed by atoms with Crippen LogP contribution in [0.25, 0.3) is 0 Å². The highest BCUT2D eigenvalue weighted by Crippen LogP contribution is 2.28. The van der Waals surface area contributed by atoms with Crippen LogP contribution in [0.1, 0.15) is 6.42 Å². The smallest absolute Gasteiger partial charge is 0.244 e. The van der Waals surface area contributed by atoms with E-state index in [1.54, 1.807) is 6.07 Å². The number of hydrogen-bond acceptors (Lipinski definition) is 6. The van der Waals surface area contributed by atoms with E-state index in [0.717, 1.165) is 0 Å². The zero-order chi connectivity index (χ0) is 16.4. The first kappa shape index (κ1) is 17.0. The molecule has 0 amide bonds. The molecule has 1 N–H and O–H groups in total. The van der Waals surface area contributed by atoms with Crippen LogP contribution in [-0.2, 0) is 19.9 Å². The van der Waals surface area contributed by atoms with Crippen LogP contribution < -0.4 is 14.2 Å². The normalized spacial score (nSPS) is 20.7. The van der Waals surface area contributed by atoms with E-state index in [1.807, 2.05) is 0 Å². The summed E-state index contributed by atoms with van der Waals surface area (Å²) in [5, 5.41) is 0. The van der Waals surface area contributed by atoms with Gasteiger partial charge in [-0.3, -0.25) is 0 Å². The number of benzene rings is 1. The van der Waals surface area contributed by atoms with Crippen molar-refractivity contribution in [3.05, 3.63) is 18.2 Å². The van der Waals surface area contributed by atoms with Crippen LogP contribution >= 0.6 is 0 Å². The van der Waals surface area contributed by atoms with Gasteiger partial charge in [0, 0.05) is 12.6 Å². The van der Waals surface area contributed by atoms with Gasteiger partial charge >= 0.3 is 0 Å². The molecule has 1 aliphatic heterocycles. The third kappa shape index (κ3) is 3.90. The number of sulfone groups is 1. The molecule has 1 aromatic carbocycles. The standard InChI is InChI=1S/C13H19NO6S2/c1-19-11-3-4-12(20-2)13(7-11)22(17,18)14-8-10-5-6-21(15,16)9-10/h3-4,7,10,14H,5-6,8-9H2,1-2H3. The Morgan fingerprint density at radius 2 is 2.00 bits per heavy atom. The fraction of sp³-hybridized carbons (Fsp3) is 0.538. The molecule has 9 heteroatoms. The third-order valence-corrected chi connectivity index (χ3v) is 6.83. The monoisotopic (exact) mass is 349 g/mol. The van der Waals surface area contributed by atoms with Crippen molar-refractivity contribution in [2.45, 2.75) is 11.3 Å². The van der Waals surface area contributed by atoms with Crippen LogP contribution in [0.5, 0.6) is 11.5 Å². The average Bonchev–Trinajstić information content (AvgIpc) is 2.84. The van der Waals surface area contributed by atoms with Gasteiger partial charge in [0.05, 0.1) is 25.7 Å². The van der Waals surface area contributed by atoms with Crippen molar-refractivity contribution in [2.24, 2.45) is 5.92 Å². The average molecular weight is 349 g/mol. The second-order valence-electron chi connectivity index (χ2n) is 5.14. The zero-order valence-electron chi connectivity index (χ0n) is 12.4. The number of sulfonamides is 1. The van der Waals surface area contributed by atoms with E-state index >= 15 is 0 Å². The predicted molar refractivity (Wildman–Crippen MR) is 81.5 cm³/mol. The van der Waals surface area contributed by atoms with Gasteiger partial charge in [0.1, 0.15) is 16.4 Å². The molecule has 0 radical (unpaired) electrons. The molecule has 1 aromatic rings. The van der Waals surface area contributed by atoms with Crippen LogP contribution in [0.2, 0.25) is 0 Å². The Morgan fingerprint density at radius 3 is 2.55 bits per heavy atom. The Kier molecular flexibility index (Phi) is 4.98. The second kappa shape index (κ2) is 6.43. The van der Waals surface area contributed by atoms with Crippen LogP contribution in [0.15, 0.2) is 23.1 Å². The third-order valence-electron chi connectivity index (χ3n) is 3.55. The highest BCUT2D eigenvalue weighted by atomic mass is 32.2. The van der Waals surface area contributed by atoms with Crippen LogP contribution in [-0.4, -0.2) is 49.1 Å². The summed E-state index contributed by atoms with van der Waals surface area (Å²) in [5.74, 6) is 0.528. The molecule has 0 saturated carbocycles. The van der Waals surface area contributed by atoms with Crippen LogP contribution in [0.3, 0.4) is 0 Å². The van der Waals surface area contributed by atoms with Crippen molar-refractivity contribution in [1.82, 2.24) is 4.72 Å². The summed E-state index contributed by atoms with van der Waals surface area (Å²) in [6, 6.07) is 4.47. The first-order valence-electron chi connectivity index (χ1n) is 6.69. The van der Waals surface area contributed by atoms with E-state index in [9.17, 15) is 16.8 Å². The molecule has 1 saturated heterocycles. The van der Waals surface area contributed by atoms with Crippen molar-refractivity contribution in [3.8, 4) is 11.5 Å². The van der Waals surface area contributed by atoms with Crippen molar-refractivity contribution in [2.75, 3.05) is 32.3 Å². The molecule has 0 aromatic heterocycles. The summed E-state index contributed by atoms with van der Waals surface area (Å²) >= 11 is 0. The van der Waals surface area contributed by atoms with Crippen molar-refractivity contribution in [3.63, 3.8) is 0 Å². The number of hydrogen-bond donors (Lipinski definition) is 1. The number of nitrogens with one attached hydrogen (secondary N) is 1. The minimum Gasteiger partial charge on any atom is -0.497 e. The summed E-state index contributed by atoms with van der Waals surface area (Å²) in [6.45, 7) is 0.0852. The predicted octanol–water partition coefficient (Wildman–Crippen LogP) is 0.417. The molecule has 0 spiro atoms. The molecular formula is C13H19NO6S2. The zero-order valence-corrected chi connectivity index (χ0v) is 14.0. The van der Waals surface area contributed by atoms with E-state index < -0.39 is 19.9 Å². The van der Waals surface area contributed by atoms with Crippen LogP contribution in [0.4, 0.5) is 0 Å². The van der Waals surface area contributed by atoms with Gasteiger partial charge in [-0.25, -0.2) is 21.6 Å². The lowest BCUT2D eigenvalue weighted by atomic mass is 10.1. The summed E-state index contributed by atoms with van der Waals surface area (Å²) in [5.41, 5.74) is 0. The molecule has 1 atom stereocenters. The van der Waals surface area contributed by atoms with E-state index in [-0.39, 0.29) is 34.6 Å². The molecule has 1 heterocycles. The first-order chi connectivity index (χ1) is 10.3. The summed E-state index contributed by atoms with van der Waals surface area (Å²) in [4.78, 5) is -0.0322. The molecule has 22 heavy (non-hydrogen) atoms. The number of methoxy groups -OCH3 is 2. The maximum absolute atomic E-state index is 12.4. The topological polar surface area (TPSA) is 98.8 Å². The summed E-state index contributed by atoms with van der Waals surface area (Å²) < 4.78 is 60.2. The summed E-state index contributed by atoms with van der Waals surface area (Å²) in [6.07, 6.45) is 0.472. The number of ether oxygens (including phenoxy) is 2.